The van der Waals surface area contributed by atoms with Gasteiger partial charge in [0.2, 0.25) is 0 Å². The average Bonchev–Trinajstić information content (AvgIpc) is 2.89. The van der Waals surface area contributed by atoms with Gasteiger partial charge in [-0.25, -0.2) is 0 Å². The minimum atomic E-state index is -0.675. The Morgan fingerprint density at radius 1 is 1.40 bits per heavy atom. The van der Waals surface area contributed by atoms with Gasteiger partial charge in [-0.3, -0.25) is 0 Å². The smallest absolute Gasteiger partial charge is 0.159 e. The van der Waals surface area contributed by atoms with E-state index in [0.717, 1.165) is 11.3 Å². The molecule has 0 saturated heterocycles. The summed E-state index contributed by atoms with van der Waals surface area (Å²) in [4.78, 5) is 0. The maximum absolute atomic E-state index is 9.42. The zero-order valence-corrected chi connectivity index (χ0v) is 11.9. The van der Waals surface area contributed by atoms with Crippen LogP contribution >= 0.6 is 11.6 Å². The SMILES string of the molecule is Cc1cc(C=Cc2ccccc2OCC(O)CCl)on1. The first kappa shape index (κ1) is 14.6. The lowest BCUT2D eigenvalue weighted by molar-refractivity contribution is 0.125. The van der Waals surface area contributed by atoms with Gasteiger partial charge >= 0.3 is 0 Å². The summed E-state index contributed by atoms with van der Waals surface area (Å²) in [6.07, 6.45) is 3.02. The molecule has 0 spiro atoms. The lowest BCUT2D eigenvalue weighted by atomic mass is 10.2. The Kier molecular flexibility index (Phi) is 5.21. The molecule has 0 bridgehead atoms. The number of benzene rings is 1. The molecular formula is C15H16ClNO3. The fourth-order valence-electron chi connectivity index (χ4n) is 1.61. The molecular weight excluding hydrogens is 278 g/mol. The summed E-state index contributed by atoms with van der Waals surface area (Å²) in [6.45, 7) is 2.03. The van der Waals surface area contributed by atoms with Crippen molar-refractivity contribution < 1.29 is 14.4 Å². The number of aryl methyl sites for hydroxylation is 1. The van der Waals surface area contributed by atoms with Crippen LogP contribution in [-0.4, -0.2) is 28.9 Å². The number of hydrogen-bond donors (Lipinski definition) is 1. The van der Waals surface area contributed by atoms with E-state index in [1.807, 2.05) is 49.4 Å². The second-order valence-electron chi connectivity index (χ2n) is 4.36. The van der Waals surface area contributed by atoms with Gasteiger partial charge in [0.05, 0.1) is 11.6 Å². The largest absolute Gasteiger partial charge is 0.490 e. The van der Waals surface area contributed by atoms with Gasteiger partial charge in [-0.1, -0.05) is 23.4 Å². The highest BCUT2D eigenvalue weighted by Gasteiger charge is 2.05. The third-order valence-corrected chi connectivity index (χ3v) is 2.96. The van der Waals surface area contributed by atoms with Crippen molar-refractivity contribution in [1.29, 1.82) is 0 Å². The van der Waals surface area contributed by atoms with Crippen LogP contribution in [0.25, 0.3) is 12.2 Å². The van der Waals surface area contributed by atoms with Crippen molar-refractivity contribution in [3.05, 3.63) is 47.3 Å². The quantitative estimate of drug-likeness (QED) is 0.831. The second kappa shape index (κ2) is 7.12. The summed E-state index contributed by atoms with van der Waals surface area (Å²) in [6, 6.07) is 9.39. The third kappa shape index (κ3) is 4.11. The molecule has 0 amide bonds. The molecule has 20 heavy (non-hydrogen) atoms. The number of hydrogen-bond acceptors (Lipinski definition) is 4. The number of rotatable bonds is 6. The van der Waals surface area contributed by atoms with Crippen LogP contribution < -0.4 is 4.74 Å². The van der Waals surface area contributed by atoms with Crippen LogP contribution in [0.3, 0.4) is 0 Å². The van der Waals surface area contributed by atoms with Crippen molar-refractivity contribution in [2.24, 2.45) is 0 Å². The Labute approximate surface area is 122 Å². The number of para-hydroxylation sites is 1. The van der Waals surface area contributed by atoms with Gasteiger partial charge < -0.3 is 14.4 Å². The molecule has 1 atom stereocenters. The molecule has 0 aliphatic carbocycles. The highest BCUT2D eigenvalue weighted by Crippen LogP contribution is 2.21. The van der Waals surface area contributed by atoms with Crippen LogP contribution in [0.5, 0.6) is 5.75 Å². The Bertz CT molecular complexity index is 580. The van der Waals surface area contributed by atoms with Gasteiger partial charge in [0.1, 0.15) is 18.5 Å². The molecule has 4 nitrogen and oxygen atoms in total. The Balaban J connectivity index is 2.09. The summed E-state index contributed by atoms with van der Waals surface area (Å²) >= 11 is 5.54. The van der Waals surface area contributed by atoms with Crippen molar-refractivity contribution in [2.75, 3.05) is 12.5 Å². The van der Waals surface area contributed by atoms with Crippen molar-refractivity contribution in [2.45, 2.75) is 13.0 Å². The second-order valence-corrected chi connectivity index (χ2v) is 4.67. The molecule has 1 unspecified atom stereocenters. The average molecular weight is 294 g/mol. The fraction of sp³-hybridized carbons (Fsp3) is 0.267. The molecule has 2 aromatic rings. The summed E-state index contributed by atoms with van der Waals surface area (Å²) in [7, 11) is 0. The molecule has 106 valence electrons. The minimum Gasteiger partial charge on any atom is -0.490 e. The number of aliphatic hydroxyl groups excluding tert-OH is 1. The Morgan fingerprint density at radius 3 is 2.90 bits per heavy atom. The topological polar surface area (TPSA) is 55.5 Å². The molecule has 2 rings (SSSR count). The van der Waals surface area contributed by atoms with E-state index in [-0.39, 0.29) is 12.5 Å². The predicted molar refractivity (Wildman–Crippen MR) is 78.8 cm³/mol. The van der Waals surface area contributed by atoms with E-state index in [1.165, 1.54) is 0 Å². The van der Waals surface area contributed by atoms with Crippen molar-refractivity contribution in [1.82, 2.24) is 5.16 Å². The fourth-order valence-corrected chi connectivity index (χ4v) is 1.70. The summed E-state index contributed by atoms with van der Waals surface area (Å²) in [5.41, 5.74) is 1.72. The van der Waals surface area contributed by atoms with Gasteiger partial charge in [0, 0.05) is 11.6 Å². The number of alkyl halides is 1. The van der Waals surface area contributed by atoms with E-state index >= 15 is 0 Å². The monoisotopic (exact) mass is 293 g/mol. The lowest BCUT2D eigenvalue weighted by Crippen LogP contribution is -2.19. The molecule has 0 radical (unpaired) electrons. The standard InChI is InChI=1S/C15H16ClNO3/c1-11-8-14(20-17-11)7-6-12-4-2-3-5-15(12)19-10-13(18)9-16/h2-8,13,18H,9-10H2,1H3. The van der Waals surface area contributed by atoms with E-state index in [4.69, 9.17) is 20.9 Å². The van der Waals surface area contributed by atoms with Gasteiger partial charge in [0.25, 0.3) is 0 Å². The zero-order chi connectivity index (χ0) is 14.4. The number of aliphatic hydroxyl groups is 1. The molecule has 1 aromatic carbocycles. The molecule has 1 heterocycles. The van der Waals surface area contributed by atoms with Crippen LogP contribution in [0.4, 0.5) is 0 Å². The first-order valence-electron chi connectivity index (χ1n) is 6.26. The first-order valence-corrected chi connectivity index (χ1v) is 6.79. The number of nitrogens with zero attached hydrogens (tertiary/aromatic N) is 1. The lowest BCUT2D eigenvalue weighted by Gasteiger charge is -2.11. The van der Waals surface area contributed by atoms with E-state index in [0.29, 0.717) is 11.5 Å². The van der Waals surface area contributed by atoms with Crippen molar-refractivity contribution in [3.63, 3.8) is 0 Å². The highest BCUT2D eigenvalue weighted by molar-refractivity contribution is 6.18. The van der Waals surface area contributed by atoms with E-state index in [1.54, 1.807) is 0 Å². The summed E-state index contributed by atoms with van der Waals surface area (Å²) in [5.74, 6) is 1.51. The van der Waals surface area contributed by atoms with Gasteiger partial charge in [-0.2, -0.15) is 0 Å². The third-order valence-electron chi connectivity index (χ3n) is 2.60. The normalized spacial score (nSPS) is 12.8. The molecule has 0 aliphatic rings. The minimum absolute atomic E-state index is 0.148. The maximum atomic E-state index is 9.42. The van der Waals surface area contributed by atoms with Gasteiger partial charge in [-0.15, -0.1) is 11.6 Å². The number of aromatic nitrogens is 1. The van der Waals surface area contributed by atoms with E-state index < -0.39 is 6.10 Å². The molecule has 0 aliphatic heterocycles. The van der Waals surface area contributed by atoms with Gasteiger partial charge in [0.15, 0.2) is 5.76 Å². The molecule has 1 N–H and O–H groups in total. The zero-order valence-electron chi connectivity index (χ0n) is 11.1. The Hall–Kier alpha value is -1.78. The molecule has 1 aromatic heterocycles. The first-order chi connectivity index (χ1) is 9.69. The van der Waals surface area contributed by atoms with Crippen molar-refractivity contribution >= 4 is 23.8 Å². The van der Waals surface area contributed by atoms with Crippen LogP contribution in [0.1, 0.15) is 17.0 Å². The molecule has 0 saturated carbocycles. The van der Waals surface area contributed by atoms with E-state index in [2.05, 4.69) is 5.16 Å². The number of halogens is 1. The predicted octanol–water partition coefficient (Wildman–Crippen LogP) is 3.13. The summed E-state index contributed by atoms with van der Waals surface area (Å²) in [5, 5.41) is 13.2. The maximum Gasteiger partial charge on any atom is 0.159 e. The molecule has 5 heteroatoms. The molecule has 0 fully saturated rings. The van der Waals surface area contributed by atoms with Crippen molar-refractivity contribution in [3.8, 4) is 5.75 Å². The van der Waals surface area contributed by atoms with Gasteiger partial charge in [-0.05, 0) is 25.1 Å². The van der Waals surface area contributed by atoms with Crippen LogP contribution in [0.2, 0.25) is 0 Å². The van der Waals surface area contributed by atoms with Crippen LogP contribution in [0.15, 0.2) is 34.9 Å². The van der Waals surface area contributed by atoms with Crippen LogP contribution in [0, 0.1) is 6.92 Å². The summed E-state index contributed by atoms with van der Waals surface area (Å²) < 4.78 is 10.7. The van der Waals surface area contributed by atoms with Crippen LogP contribution in [-0.2, 0) is 0 Å². The van der Waals surface area contributed by atoms with E-state index in [9.17, 15) is 5.11 Å². The highest BCUT2D eigenvalue weighted by atomic mass is 35.5. The Morgan fingerprint density at radius 2 is 2.20 bits per heavy atom. The number of ether oxygens (including phenoxy) is 1.